The number of amides is 1. The minimum Gasteiger partial charge on any atom is -0.495 e. The summed E-state index contributed by atoms with van der Waals surface area (Å²) in [6.45, 7) is 0. The molecule has 0 aliphatic rings. The zero-order chi connectivity index (χ0) is 18.8. The number of fused-ring (bicyclic) bond motifs is 1. The number of nitrogens with zero attached hydrogens (tertiary/aromatic N) is 2. The molecule has 0 aliphatic heterocycles. The zero-order valence-electron chi connectivity index (χ0n) is 14.5. The molecule has 4 rings (SSSR count). The van der Waals surface area contributed by atoms with Crippen LogP contribution in [-0.2, 0) is 0 Å². The van der Waals surface area contributed by atoms with Gasteiger partial charge < -0.3 is 14.5 Å². The van der Waals surface area contributed by atoms with Crippen molar-refractivity contribution in [3.05, 3.63) is 83.1 Å². The number of pyridine rings is 1. The number of benzene rings is 2. The van der Waals surface area contributed by atoms with Gasteiger partial charge in [-0.25, -0.2) is 4.98 Å². The van der Waals surface area contributed by atoms with Gasteiger partial charge in [0.2, 0.25) is 0 Å². The van der Waals surface area contributed by atoms with E-state index in [9.17, 15) is 4.79 Å². The summed E-state index contributed by atoms with van der Waals surface area (Å²) in [6, 6.07) is 18.7. The summed E-state index contributed by atoms with van der Waals surface area (Å²) < 4.78 is 8.28. The van der Waals surface area contributed by atoms with Crippen LogP contribution in [0.25, 0.3) is 16.9 Å². The lowest BCUT2D eigenvalue weighted by Gasteiger charge is -2.11. The predicted molar refractivity (Wildman–Crippen MR) is 109 cm³/mol. The largest absolute Gasteiger partial charge is 0.495 e. The molecule has 5 nitrogen and oxygen atoms in total. The summed E-state index contributed by atoms with van der Waals surface area (Å²) in [7, 11) is 1.58. The lowest BCUT2D eigenvalue weighted by molar-refractivity contribution is 0.102. The van der Waals surface area contributed by atoms with Crippen molar-refractivity contribution in [2.24, 2.45) is 0 Å². The molecule has 0 unspecified atom stereocenters. The maximum atomic E-state index is 12.6. The molecule has 0 fully saturated rings. The molecule has 27 heavy (non-hydrogen) atoms. The Morgan fingerprint density at radius 1 is 1.11 bits per heavy atom. The van der Waals surface area contributed by atoms with E-state index in [0.29, 0.717) is 17.0 Å². The Kier molecular flexibility index (Phi) is 4.64. The van der Waals surface area contributed by atoms with Gasteiger partial charge in [0.1, 0.15) is 11.4 Å². The average molecular weight is 422 g/mol. The second-order valence-electron chi connectivity index (χ2n) is 5.97. The molecular weight excluding hydrogens is 406 g/mol. The molecule has 0 aliphatic carbocycles. The fourth-order valence-electron chi connectivity index (χ4n) is 2.83. The van der Waals surface area contributed by atoms with Crippen molar-refractivity contribution in [1.29, 1.82) is 0 Å². The van der Waals surface area contributed by atoms with E-state index in [2.05, 4.69) is 26.2 Å². The van der Waals surface area contributed by atoms with Gasteiger partial charge in [-0.05, 0) is 54.6 Å². The molecule has 2 heterocycles. The van der Waals surface area contributed by atoms with Gasteiger partial charge in [0.15, 0.2) is 0 Å². The number of rotatable bonds is 4. The number of anilines is 1. The third-order valence-electron chi connectivity index (χ3n) is 4.21. The Balaban J connectivity index is 1.68. The third kappa shape index (κ3) is 3.57. The third-order valence-corrected chi connectivity index (χ3v) is 4.74. The normalized spacial score (nSPS) is 10.7. The molecule has 1 N–H and O–H groups in total. The van der Waals surface area contributed by atoms with Gasteiger partial charge in [0.25, 0.3) is 5.91 Å². The fourth-order valence-corrected chi connectivity index (χ4v) is 3.10. The number of aromatic nitrogens is 2. The topological polar surface area (TPSA) is 55.6 Å². The lowest BCUT2D eigenvalue weighted by atomic mass is 10.1. The van der Waals surface area contributed by atoms with Gasteiger partial charge in [-0.2, -0.15) is 0 Å². The first kappa shape index (κ1) is 17.3. The highest BCUT2D eigenvalue weighted by Crippen LogP contribution is 2.31. The summed E-state index contributed by atoms with van der Waals surface area (Å²) in [5, 5.41) is 2.93. The van der Waals surface area contributed by atoms with Crippen LogP contribution in [0.15, 0.2) is 77.5 Å². The number of ether oxygens (including phenoxy) is 1. The van der Waals surface area contributed by atoms with Crippen LogP contribution in [-0.4, -0.2) is 22.4 Å². The van der Waals surface area contributed by atoms with Gasteiger partial charge in [-0.15, -0.1) is 0 Å². The Hall–Kier alpha value is -3.12. The molecule has 0 atom stereocenters. The molecule has 4 aromatic rings. The highest BCUT2D eigenvalue weighted by molar-refractivity contribution is 9.10. The van der Waals surface area contributed by atoms with Crippen molar-refractivity contribution in [3.8, 4) is 17.0 Å². The molecule has 2 aromatic carbocycles. The van der Waals surface area contributed by atoms with Crippen LogP contribution >= 0.6 is 15.9 Å². The molecule has 0 spiro atoms. The summed E-state index contributed by atoms with van der Waals surface area (Å²) in [5.74, 6) is 0.390. The Bertz CT molecular complexity index is 1090. The van der Waals surface area contributed by atoms with Gasteiger partial charge in [-0.3, -0.25) is 4.79 Å². The number of carbonyl (C=O) groups excluding carboxylic acids is 1. The lowest BCUT2D eigenvalue weighted by Crippen LogP contribution is -2.12. The minimum atomic E-state index is -0.201. The van der Waals surface area contributed by atoms with Crippen LogP contribution in [0.3, 0.4) is 0 Å². The van der Waals surface area contributed by atoms with Crippen LogP contribution in [0.5, 0.6) is 5.75 Å². The van der Waals surface area contributed by atoms with Crippen molar-refractivity contribution in [2.75, 3.05) is 12.4 Å². The van der Waals surface area contributed by atoms with Crippen LogP contribution < -0.4 is 10.1 Å². The molecule has 0 saturated heterocycles. The van der Waals surface area contributed by atoms with Crippen LogP contribution in [0.4, 0.5) is 5.69 Å². The second-order valence-corrected chi connectivity index (χ2v) is 6.88. The SMILES string of the molecule is COc1ccc(-c2cn3ccccc3n2)cc1NC(=O)c1ccc(Br)cc1. The maximum absolute atomic E-state index is 12.6. The predicted octanol–water partition coefficient (Wildman–Crippen LogP) is 5.02. The van der Waals surface area contributed by atoms with Crippen molar-refractivity contribution in [1.82, 2.24) is 9.38 Å². The van der Waals surface area contributed by atoms with Gasteiger partial charge in [0.05, 0.1) is 18.5 Å². The molecular formula is C21H16BrN3O2. The van der Waals surface area contributed by atoms with E-state index in [1.165, 1.54) is 0 Å². The summed E-state index contributed by atoms with van der Waals surface area (Å²) >= 11 is 3.37. The smallest absolute Gasteiger partial charge is 0.255 e. The number of halogens is 1. The van der Waals surface area contributed by atoms with Crippen molar-refractivity contribution in [2.45, 2.75) is 0 Å². The van der Waals surface area contributed by atoms with E-state index in [-0.39, 0.29) is 5.91 Å². The number of nitrogens with one attached hydrogen (secondary N) is 1. The van der Waals surface area contributed by atoms with Gasteiger partial charge in [-0.1, -0.05) is 22.0 Å². The minimum absolute atomic E-state index is 0.201. The summed E-state index contributed by atoms with van der Waals surface area (Å²) in [6.07, 6.45) is 3.91. The first-order valence-corrected chi connectivity index (χ1v) is 9.12. The van der Waals surface area contributed by atoms with Crippen molar-refractivity contribution >= 4 is 33.2 Å². The highest BCUT2D eigenvalue weighted by atomic mass is 79.9. The van der Waals surface area contributed by atoms with E-state index in [4.69, 9.17) is 4.74 Å². The molecule has 1 amide bonds. The second kappa shape index (κ2) is 7.25. The average Bonchev–Trinajstić information content (AvgIpc) is 3.12. The number of imidazole rings is 1. The van der Waals surface area contributed by atoms with Crippen molar-refractivity contribution in [3.63, 3.8) is 0 Å². The van der Waals surface area contributed by atoms with E-state index < -0.39 is 0 Å². The first-order valence-electron chi connectivity index (χ1n) is 8.33. The number of hydrogen-bond donors (Lipinski definition) is 1. The molecule has 6 heteroatoms. The quantitative estimate of drug-likeness (QED) is 0.502. The molecule has 2 aromatic heterocycles. The highest BCUT2D eigenvalue weighted by Gasteiger charge is 2.13. The summed E-state index contributed by atoms with van der Waals surface area (Å²) in [5.41, 5.74) is 3.75. The van der Waals surface area contributed by atoms with Crippen molar-refractivity contribution < 1.29 is 9.53 Å². The standard InChI is InChI=1S/C21H16BrN3O2/c1-27-19-10-7-15(18-13-25-11-3-2-4-20(25)23-18)12-17(19)24-21(26)14-5-8-16(22)9-6-14/h2-13H,1H3,(H,24,26). The van der Waals surface area contributed by atoms with Crippen LogP contribution in [0, 0.1) is 0 Å². The maximum Gasteiger partial charge on any atom is 0.255 e. The van der Waals surface area contributed by atoms with E-state index in [1.807, 2.05) is 65.3 Å². The Labute approximate surface area is 164 Å². The van der Waals surface area contributed by atoms with Gasteiger partial charge >= 0.3 is 0 Å². The Morgan fingerprint density at radius 3 is 2.67 bits per heavy atom. The van der Waals surface area contributed by atoms with Crippen LogP contribution in [0.1, 0.15) is 10.4 Å². The zero-order valence-corrected chi connectivity index (χ0v) is 16.1. The van der Waals surface area contributed by atoms with E-state index in [0.717, 1.165) is 21.4 Å². The first-order chi connectivity index (χ1) is 13.1. The fraction of sp³-hybridized carbons (Fsp3) is 0.0476. The van der Waals surface area contributed by atoms with Gasteiger partial charge in [0, 0.05) is 28.0 Å². The molecule has 0 radical (unpaired) electrons. The van der Waals surface area contributed by atoms with E-state index >= 15 is 0 Å². The monoisotopic (exact) mass is 421 g/mol. The van der Waals surface area contributed by atoms with E-state index in [1.54, 1.807) is 19.2 Å². The number of methoxy groups -OCH3 is 1. The molecule has 0 bridgehead atoms. The number of carbonyl (C=O) groups is 1. The summed E-state index contributed by atoms with van der Waals surface area (Å²) in [4.78, 5) is 17.2. The Morgan fingerprint density at radius 2 is 1.93 bits per heavy atom. The van der Waals surface area contributed by atoms with Crippen LogP contribution in [0.2, 0.25) is 0 Å². The molecule has 0 saturated carbocycles. The number of hydrogen-bond acceptors (Lipinski definition) is 3. The molecule has 134 valence electrons.